The number of carboxylic acids is 4. The Morgan fingerprint density at radius 2 is 0.750 bits per heavy atom. The molecule has 0 fully saturated rings. The van der Waals surface area contributed by atoms with Crippen molar-refractivity contribution in [3.63, 3.8) is 0 Å². The van der Waals surface area contributed by atoms with Crippen molar-refractivity contribution in [3.8, 4) is 0 Å². The molecule has 13 nitrogen and oxygen atoms in total. The molecule has 0 unspecified atom stereocenters. The summed E-state index contributed by atoms with van der Waals surface area (Å²) >= 11 is 0. The second-order valence-corrected chi connectivity index (χ2v) is 3.17. The maximum absolute atomic E-state index is 10.1. The van der Waals surface area contributed by atoms with Crippen LogP contribution in [0.25, 0.3) is 0 Å². The van der Waals surface area contributed by atoms with Gasteiger partial charge < -0.3 is 58.1 Å². The number of aliphatic carboxylic acids is 4. The van der Waals surface area contributed by atoms with Crippen LogP contribution in [0, 0.1) is 0 Å². The summed E-state index contributed by atoms with van der Waals surface area (Å²) in [5.74, 6) is -9.06. The Balaban J connectivity index is -0.0000000579. The fourth-order valence-electron chi connectivity index (χ4n) is 0.635. The van der Waals surface area contributed by atoms with E-state index in [4.69, 9.17) is 0 Å². The third-order valence-corrected chi connectivity index (χ3v) is 1.57. The SMILES string of the molecule is N.O=C([O-])CCC(=O)C(=O)[O-].O=C([O-])CCC(=O)C(=O)[O-].[Co+2].[NH4+].[NH4+]. The molecule has 0 aliphatic carbocycles. The van der Waals surface area contributed by atoms with Gasteiger partial charge in [-0.15, -0.1) is 0 Å². The van der Waals surface area contributed by atoms with Crippen LogP contribution < -0.4 is 38.9 Å². The molecule has 0 aromatic carbocycles. The van der Waals surface area contributed by atoms with Gasteiger partial charge in [0, 0.05) is 24.8 Å². The summed E-state index contributed by atoms with van der Waals surface area (Å²) in [7, 11) is 0. The Bertz CT molecular complexity index is 401. The van der Waals surface area contributed by atoms with Crippen molar-refractivity contribution in [3.05, 3.63) is 0 Å². The van der Waals surface area contributed by atoms with E-state index in [1.807, 2.05) is 0 Å². The first-order valence-corrected chi connectivity index (χ1v) is 4.96. The maximum atomic E-state index is 10.1. The first-order valence-electron chi connectivity index (χ1n) is 4.96. The Hall–Kier alpha value is -2.39. The Labute approximate surface area is 146 Å². The largest absolute Gasteiger partial charge is 2.00 e. The average molecular weight is 400 g/mol. The third kappa shape index (κ3) is 27.9. The van der Waals surface area contributed by atoms with Crippen LogP contribution >= 0.6 is 0 Å². The van der Waals surface area contributed by atoms with Gasteiger partial charge in [0.1, 0.15) is 11.9 Å². The molecular formula is C10H19CoN3O10. The Morgan fingerprint density at radius 1 is 0.542 bits per heavy atom. The van der Waals surface area contributed by atoms with Crippen LogP contribution in [0.1, 0.15) is 25.7 Å². The summed E-state index contributed by atoms with van der Waals surface area (Å²) in [6, 6.07) is 0. The van der Waals surface area contributed by atoms with E-state index in [1.54, 1.807) is 0 Å². The Morgan fingerprint density at radius 3 is 0.875 bits per heavy atom. The molecule has 0 heterocycles. The number of carbonyl (C=O) groups excluding carboxylic acids is 6. The summed E-state index contributed by atoms with van der Waals surface area (Å²) in [6.45, 7) is 0. The first-order chi connectivity index (χ1) is 9.07. The second-order valence-electron chi connectivity index (χ2n) is 3.17. The molecule has 0 atom stereocenters. The van der Waals surface area contributed by atoms with Gasteiger partial charge in [0.25, 0.3) is 0 Å². The zero-order valence-electron chi connectivity index (χ0n) is 13.0. The van der Waals surface area contributed by atoms with E-state index in [2.05, 4.69) is 0 Å². The summed E-state index contributed by atoms with van der Waals surface area (Å²) < 4.78 is 0. The number of carboxylic acid groups (broad SMARTS) is 4. The average Bonchev–Trinajstić information content (AvgIpc) is 2.33. The van der Waals surface area contributed by atoms with Crippen LogP contribution in [0.3, 0.4) is 0 Å². The quantitative estimate of drug-likeness (QED) is 0.323. The molecule has 0 rings (SSSR count). The molecule has 0 aliphatic rings. The zero-order chi connectivity index (χ0) is 16.3. The van der Waals surface area contributed by atoms with Gasteiger partial charge in [-0.25, -0.2) is 0 Å². The van der Waals surface area contributed by atoms with Crippen molar-refractivity contribution in [1.29, 1.82) is 0 Å². The molecule has 0 aromatic rings. The maximum Gasteiger partial charge on any atom is 2.00 e. The van der Waals surface area contributed by atoms with E-state index in [-0.39, 0.29) is 35.2 Å². The molecule has 1 radical (unpaired) electrons. The van der Waals surface area contributed by atoms with Gasteiger partial charge in [-0.2, -0.15) is 0 Å². The first kappa shape index (κ1) is 37.7. The van der Waals surface area contributed by atoms with E-state index in [0.29, 0.717) is 0 Å². The molecule has 0 spiro atoms. The molecular weight excluding hydrogens is 381 g/mol. The third-order valence-electron chi connectivity index (χ3n) is 1.57. The summed E-state index contributed by atoms with van der Waals surface area (Å²) in [5.41, 5.74) is 0. The smallest absolute Gasteiger partial charge is 0.550 e. The van der Waals surface area contributed by atoms with Gasteiger partial charge >= 0.3 is 16.8 Å². The summed E-state index contributed by atoms with van der Waals surface area (Å²) in [4.78, 5) is 58.8. The number of hydrogen-bond acceptors (Lipinski definition) is 11. The molecule has 0 amide bonds. The Kier molecular flexibility index (Phi) is 32.3. The van der Waals surface area contributed by atoms with Gasteiger partial charge in [-0.1, -0.05) is 0 Å². The fraction of sp³-hybridized carbons (Fsp3) is 0.400. The molecule has 0 saturated carbocycles. The molecule has 0 bridgehead atoms. The van der Waals surface area contributed by atoms with Crippen molar-refractivity contribution in [1.82, 2.24) is 18.5 Å². The van der Waals surface area contributed by atoms with E-state index >= 15 is 0 Å². The van der Waals surface area contributed by atoms with Crippen LogP contribution in [0.5, 0.6) is 0 Å². The van der Waals surface area contributed by atoms with Crippen molar-refractivity contribution in [2.24, 2.45) is 0 Å². The predicted octanol–water partition coefficient (Wildman–Crippen LogP) is -5.42. The van der Waals surface area contributed by atoms with Crippen LogP contribution in [-0.4, -0.2) is 35.4 Å². The van der Waals surface area contributed by atoms with Gasteiger partial charge in [-0.05, 0) is 12.8 Å². The normalized spacial score (nSPS) is 7.33. The minimum atomic E-state index is -1.86. The zero-order valence-corrected chi connectivity index (χ0v) is 14.0. The molecule has 0 aromatic heterocycles. The van der Waals surface area contributed by atoms with Crippen LogP contribution in [-0.2, 0) is 45.5 Å². The standard InChI is InChI=1S/2C5H6O5.Co.3H3N/c2*6-3(5(9)10)1-2-4(7)8;;;;/h2*1-2H2,(H,7,8)(H,9,10);;3*1H3/q;;+2;;;/p-2. The summed E-state index contributed by atoms with van der Waals surface area (Å²) in [6.07, 6.45) is -2.28. The molecule has 14 heteroatoms. The van der Waals surface area contributed by atoms with Crippen molar-refractivity contribution >= 4 is 35.4 Å². The van der Waals surface area contributed by atoms with Crippen molar-refractivity contribution < 1.29 is 66.0 Å². The number of hydrogen-bond donors (Lipinski definition) is 3. The van der Waals surface area contributed by atoms with Crippen molar-refractivity contribution in [2.75, 3.05) is 0 Å². The molecule has 11 N–H and O–H groups in total. The van der Waals surface area contributed by atoms with Gasteiger partial charge in [-0.3, -0.25) is 9.59 Å². The minimum Gasteiger partial charge on any atom is -0.550 e. The van der Waals surface area contributed by atoms with Gasteiger partial charge in [0.05, 0.1) is 0 Å². The van der Waals surface area contributed by atoms with E-state index < -0.39 is 61.1 Å². The number of Topliss-reactive ketones (excluding diaryl/α,β-unsaturated/α-hetero) is 2. The van der Waals surface area contributed by atoms with E-state index in [0.717, 1.165) is 0 Å². The van der Waals surface area contributed by atoms with Crippen LogP contribution in [0.4, 0.5) is 0 Å². The van der Waals surface area contributed by atoms with Gasteiger partial charge in [0.2, 0.25) is 0 Å². The number of rotatable bonds is 8. The number of ketones is 2. The fourth-order valence-corrected chi connectivity index (χ4v) is 0.635. The van der Waals surface area contributed by atoms with Crippen molar-refractivity contribution in [2.45, 2.75) is 25.7 Å². The van der Waals surface area contributed by atoms with E-state index in [9.17, 15) is 49.2 Å². The predicted molar refractivity (Wildman–Crippen MR) is 65.5 cm³/mol. The second kappa shape index (κ2) is 20.6. The number of carbonyl (C=O) groups is 6. The molecule has 143 valence electrons. The molecule has 0 saturated heterocycles. The van der Waals surface area contributed by atoms with Crippen LogP contribution in [0.15, 0.2) is 0 Å². The van der Waals surface area contributed by atoms with E-state index in [1.165, 1.54) is 0 Å². The van der Waals surface area contributed by atoms with Gasteiger partial charge in [0.15, 0.2) is 11.6 Å². The van der Waals surface area contributed by atoms with Crippen LogP contribution in [0.2, 0.25) is 0 Å². The molecule has 24 heavy (non-hydrogen) atoms. The monoisotopic (exact) mass is 400 g/mol. The molecule has 0 aliphatic heterocycles. The topological polar surface area (TPSA) is 303 Å². The summed E-state index contributed by atoms with van der Waals surface area (Å²) in [5, 5.41) is 38.6. The minimum absolute atomic E-state index is 0. The number of quaternary nitrogens is 2.